The number of aliphatic hydroxyl groups is 1. The topological polar surface area (TPSA) is 76.4 Å². The molecule has 1 unspecified atom stereocenters. The van der Waals surface area contributed by atoms with Crippen LogP contribution >= 0.6 is 0 Å². The zero-order chi connectivity index (χ0) is 19.4. The minimum Gasteiger partial charge on any atom is -0.484 e. The quantitative estimate of drug-likeness (QED) is 0.725. The molecular formula is C16H17F4N3O3. The van der Waals surface area contributed by atoms with Gasteiger partial charge in [-0.1, -0.05) is 0 Å². The molecule has 1 amide bonds. The summed E-state index contributed by atoms with van der Waals surface area (Å²) in [5.41, 5.74) is -3.20. The minimum absolute atomic E-state index is 0.237. The Hall–Kier alpha value is -2.62. The first-order valence-electron chi connectivity index (χ1n) is 7.55. The van der Waals surface area contributed by atoms with Gasteiger partial charge in [-0.05, 0) is 24.3 Å². The Balaban J connectivity index is 1.90. The standard InChI is InChI=1S/C16H17F4N3O3/c1-23-9-8-22-14(23)15(25,16(18,19)20)6-7-21-13(24)10-26-12-4-2-11(17)3-5-12/h2-5,8-9,25H,6-7,10H2,1H3,(H,21,24). The predicted molar refractivity (Wildman–Crippen MR) is 82.7 cm³/mol. The normalized spacial score (nSPS) is 13.9. The lowest BCUT2D eigenvalue weighted by Gasteiger charge is -2.29. The minimum atomic E-state index is -4.97. The summed E-state index contributed by atoms with van der Waals surface area (Å²) in [6.45, 7) is -0.910. The van der Waals surface area contributed by atoms with Crippen molar-refractivity contribution in [3.63, 3.8) is 0 Å². The fourth-order valence-corrected chi connectivity index (χ4v) is 2.26. The fraction of sp³-hybridized carbons (Fsp3) is 0.375. The third kappa shape index (κ3) is 4.51. The van der Waals surface area contributed by atoms with Gasteiger partial charge in [-0.2, -0.15) is 13.2 Å². The molecule has 0 aliphatic carbocycles. The number of carbonyl (C=O) groups excluding carboxylic acids is 1. The molecule has 6 nitrogen and oxygen atoms in total. The fourth-order valence-electron chi connectivity index (χ4n) is 2.26. The Labute approximate surface area is 146 Å². The molecule has 0 fully saturated rings. The van der Waals surface area contributed by atoms with E-state index in [0.29, 0.717) is 0 Å². The molecule has 1 aromatic carbocycles. The van der Waals surface area contributed by atoms with Gasteiger partial charge >= 0.3 is 6.18 Å². The number of aryl methyl sites for hydroxylation is 1. The maximum absolute atomic E-state index is 13.3. The van der Waals surface area contributed by atoms with E-state index in [1.807, 2.05) is 0 Å². The highest BCUT2D eigenvalue weighted by Crippen LogP contribution is 2.40. The van der Waals surface area contributed by atoms with Crippen LogP contribution in [0.4, 0.5) is 17.6 Å². The third-order valence-electron chi connectivity index (χ3n) is 3.65. The highest BCUT2D eigenvalue weighted by molar-refractivity contribution is 5.77. The van der Waals surface area contributed by atoms with Gasteiger partial charge in [0.05, 0.1) is 0 Å². The van der Waals surface area contributed by atoms with E-state index in [4.69, 9.17) is 4.74 Å². The van der Waals surface area contributed by atoms with Gasteiger partial charge in [0.2, 0.25) is 5.60 Å². The molecule has 0 bridgehead atoms. The van der Waals surface area contributed by atoms with Crippen molar-refractivity contribution in [2.45, 2.75) is 18.2 Å². The summed E-state index contributed by atoms with van der Waals surface area (Å²) in [6.07, 6.45) is -3.37. The van der Waals surface area contributed by atoms with Crippen LogP contribution in [-0.2, 0) is 17.4 Å². The summed E-state index contributed by atoms with van der Waals surface area (Å²) < 4.78 is 58.8. The Morgan fingerprint density at radius 2 is 1.96 bits per heavy atom. The van der Waals surface area contributed by atoms with E-state index in [-0.39, 0.29) is 5.75 Å². The second-order valence-electron chi connectivity index (χ2n) is 5.56. The molecule has 1 heterocycles. The van der Waals surface area contributed by atoms with E-state index >= 15 is 0 Å². The molecule has 2 N–H and O–H groups in total. The molecule has 2 rings (SSSR count). The van der Waals surface area contributed by atoms with Crippen molar-refractivity contribution in [1.29, 1.82) is 0 Å². The van der Waals surface area contributed by atoms with Crippen LogP contribution in [0.3, 0.4) is 0 Å². The van der Waals surface area contributed by atoms with Crippen LogP contribution in [0.2, 0.25) is 0 Å². The van der Waals surface area contributed by atoms with Crippen LogP contribution in [0.15, 0.2) is 36.7 Å². The number of benzene rings is 1. The summed E-state index contributed by atoms with van der Waals surface area (Å²) in [7, 11) is 1.33. The predicted octanol–water partition coefficient (Wildman–Crippen LogP) is 1.89. The summed E-state index contributed by atoms with van der Waals surface area (Å²) >= 11 is 0. The lowest BCUT2D eigenvalue weighted by molar-refractivity contribution is -0.272. The van der Waals surface area contributed by atoms with Gasteiger partial charge in [-0.25, -0.2) is 9.37 Å². The number of rotatable bonds is 7. The molecular weight excluding hydrogens is 358 g/mol. The highest BCUT2D eigenvalue weighted by Gasteiger charge is 2.57. The van der Waals surface area contributed by atoms with Crippen molar-refractivity contribution in [1.82, 2.24) is 14.9 Å². The van der Waals surface area contributed by atoms with E-state index in [2.05, 4.69) is 10.3 Å². The van der Waals surface area contributed by atoms with Crippen molar-refractivity contribution in [3.8, 4) is 5.75 Å². The molecule has 10 heteroatoms. The number of alkyl halides is 3. The van der Waals surface area contributed by atoms with Crippen LogP contribution < -0.4 is 10.1 Å². The van der Waals surface area contributed by atoms with Crippen molar-refractivity contribution in [2.24, 2.45) is 7.05 Å². The summed E-state index contributed by atoms with van der Waals surface area (Å²) in [6, 6.07) is 4.91. The van der Waals surface area contributed by atoms with Gasteiger partial charge in [0.25, 0.3) is 5.91 Å². The average molecular weight is 375 g/mol. The lowest BCUT2D eigenvalue weighted by atomic mass is 9.97. The van der Waals surface area contributed by atoms with Crippen molar-refractivity contribution in [2.75, 3.05) is 13.2 Å². The molecule has 0 radical (unpaired) electrons. The molecule has 0 aliphatic rings. The zero-order valence-corrected chi connectivity index (χ0v) is 13.8. The molecule has 142 valence electrons. The Morgan fingerprint density at radius 3 is 2.50 bits per heavy atom. The Morgan fingerprint density at radius 1 is 1.31 bits per heavy atom. The molecule has 1 aromatic heterocycles. The van der Waals surface area contributed by atoms with E-state index in [1.54, 1.807) is 0 Å². The number of aromatic nitrogens is 2. The highest BCUT2D eigenvalue weighted by atomic mass is 19.4. The van der Waals surface area contributed by atoms with Gasteiger partial charge in [-0.3, -0.25) is 4.79 Å². The summed E-state index contributed by atoms with van der Waals surface area (Å²) in [4.78, 5) is 15.2. The summed E-state index contributed by atoms with van der Waals surface area (Å²) in [5, 5.41) is 12.3. The Kier molecular flexibility index (Phi) is 5.86. The second-order valence-corrected chi connectivity index (χ2v) is 5.56. The SMILES string of the molecule is Cn1ccnc1C(O)(CCNC(=O)COc1ccc(F)cc1)C(F)(F)F. The average Bonchev–Trinajstić information content (AvgIpc) is 2.99. The second kappa shape index (κ2) is 7.73. The molecule has 0 saturated carbocycles. The first-order chi connectivity index (χ1) is 12.1. The number of hydrogen-bond acceptors (Lipinski definition) is 4. The van der Waals surface area contributed by atoms with E-state index in [1.165, 1.54) is 25.4 Å². The number of nitrogens with zero attached hydrogens (tertiary/aromatic N) is 2. The van der Waals surface area contributed by atoms with Crippen LogP contribution in [0.25, 0.3) is 0 Å². The van der Waals surface area contributed by atoms with Gasteiger partial charge in [-0.15, -0.1) is 0 Å². The van der Waals surface area contributed by atoms with Crippen molar-refractivity contribution < 1.29 is 32.2 Å². The summed E-state index contributed by atoms with van der Waals surface area (Å²) in [5.74, 6) is -1.48. The molecule has 0 spiro atoms. The van der Waals surface area contributed by atoms with Crippen molar-refractivity contribution >= 4 is 5.91 Å². The number of halogens is 4. The Bertz CT molecular complexity index is 746. The molecule has 0 aliphatic heterocycles. The third-order valence-corrected chi connectivity index (χ3v) is 3.65. The molecule has 0 saturated heterocycles. The van der Waals surface area contributed by atoms with E-state index in [9.17, 15) is 27.5 Å². The number of hydrogen-bond donors (Lipinski definition) is 2. The molecule has 1 atom stereocenters. The largest absolute Gasteiger partial charge is 0.484 e. The lowest BCUT2D eigenvalue weighted by Crippen LogP contribution is -2.47. The number of nitrogens with one attached hydrogen (secondary N) is 1. The first kappa shape index (κ1) is 19.7. The van der Waals surface area contributed by atoms with Gasteiger partial charge in [0.15, 0.2) is 6.61 Å². The number of ether oxygens (including phenoxy) is 1. The monoisotopic (exact) mass is 375 g/mol. The van der Waals surface area contributed by atoms with E-state index < -0.39 is 48.9 Å². The van der Waals surface area contributed by atoms with Gasteiger partial charge in [0.1, 0.15) is 17.4 Å². The van der Waals surface area contributed by atoms with Crippen LogP contribution in [0.1, 0.15) is 12.2 Å². The zero-order valence-electron chi connectivity index (χ0n) is 13.8. The number of imidazole rings is 1. The molecule has 2 aromatic rings. The number of carbonyl (C=O) groups is 1. The van der Waals surface area contributed by atoms with E-state index in [0.717, 1.165) is 22.9 Å². The van der Waals surface area contributed by atoms with Crippen molar-refractivity contribution in [3.05, 3.63) is 48.3 Å². The van der Waals surface area contributed by atoms with Gasteiger partial charge in [0, 0.05) is 32.4 Å². The van der Waals surface area contributed by atoms with Crippen LogP contribution in [0.5, 0.6) is 5.75 Å². The first-order valence-corrected chi connectivity index (χ1v) is 7.55. The maximum Gasteiger partial charge on any atom is 0.424 e. The number of amides is 1. The van der Waals surface area contributed by atoms with Gasteiger partial charge < -0.3 is 19.7 Å². The maximum atomic E-state index is 13.3. The van der Waals surface area contributed by atoms with Crippen LogP contribution in [0, 0.1) is 5.82 Å². The molecule has 26 heavy (non-hydrogen) atoms. The smallest absolute Gasteiger partial charge is 0.424 e. The van der Waals surface area contributed by atoms with Crippen LogP contribution in [-0.4, -0.2) is 39.9 Å².